The molecular weight excluding hydrogens is 422 g/mol. The van der Waals surface area contributed by atoms with Crippen molar-refractivity contribution in [2.75, 3.05) is 11.1 Å². The molecule has 3 rings (SSSR count). The van der Waals surface area contributed by atoms with Crippen molar-refractivity contribution in [2.45, 2.75) is 39.0 Å². The number of nitrogens with one attached hydrogen (secondary N) is 2. The minimum Gasteiger partial charge on any atom is -0.345 e. The maximum Gasteiger partial charge on any atom is 0.251 e. The highest BCUT2D eigenvalue weighted by molar-refractivity contribution is 7.99. The SMILES string of the molecule is C=CCn1c(CNC(=O)c2cccc(C)c2)nnc1SCC(=O)Nc1c(C)cccc1C. The number of para-hydroxylation sites is 1. The smallest absolute Gasteiger partial charge is 0.251 e. The zero-order valence-corrected chi connectivity index (χ0v) is 19.3. The fraction of sp³-hybridized carbons (Fsp3) is 0.250. The number of hydrogen-bond acceptors (Lipinski definition) is 5. The summed E-state index contributed by atoms with van der Waals surface area (Å²) in [4.78, 5) is 24.9. The van der Waals surface area contributed by atoms with Crippen molar-refractivity contribution in [3.63, 3.8) is 0 Å². The third-order valence-electron chi connectivity index (χ3n) is 4.87. The van der Waals surface area contributed by atoms with Gasteiger partial charge in [0.1, 0.15) is 0 Å². The van der Waals surface area contributed by atoms with Gasteiger partial charge in [0.2, 0.25) is 5.91 Å². The number of aromatic nitrogens is 3. The van der Waals surface area contributed by atoms with E-state index in [0.29, 0.717) is 23.1 Å². The minimum absolute atomic E-state index is 0.116. The van der Waals surface area contributed by atoms with Crippen molar-refractivity contribution in [3.05, 3.63) is 83.2 Å². The summed E-state index contributed by atoms with van der Waals surface area (Å²) in [6.45, 7) is 10.4. The second-order valence-electron chi connectivity index (χ2n) is 7.45. The molecule has 2 aromatic carbocycles. The van der Waals surface area contributed by atoms with E-state index in [0.717, 1.165) is 22.4 Å². The maximum absolute atomic E-state index is 12.5. The lowest BCUT2D eigenvalue weighted by atomic mass is 10.1. The van der Waals surface area contributed by atoms with Crippen LogP contribution in [-0.4, -0.2) is 32.3 Å². The highest BCUT2D eigenvalue weighted by Crippen LogP contribution is 2.21. The number of hydrogen-bond donors (Lipinski definition) is 2. The van der Waals surface area contributed by atoms with Crippen molar-refractivity contribution in [1.82, 2.24) is 20.1 Å². The Morgan fingerprint density at radius 1 is 1.09 bits per heavy atom. The highest BCUT2D eigenvalue weighted by atomic mass is 32.2. The van der Waals surface area contributed by atoms with Gasteiger partial charge in [0.05, 0.1) is 12.3 Å². The number of benzene rings is 2. The largest absolute Gasteiger partial charge is 0.345 e. The average Bonchev–Trinajstić information content (AvgIpc) is 3.15. The first-order valence-electron chi connectivity index (χ1n) is 10.3. The van der Waals surface area contributed by atoms with Crippen LogP contribution in [0.4, 0.5) is 5.69 Å². The fourth-order valence-corrected chi connectivity index (χ4v) is 4.00. The van der Waals surface area contributed by atoms with Gasteiger partial charge in [-0.25, -0.2) is 0 Å². The predicted octanol–water partition coefficient (Wildman–Crippen LogP) is 4.05. The normalized spacial score (nSPS) is 10.6. The fourth-order valence-electron chi connectivity index (χ4n) is 3.23. The number of anilines is 1. The van der Waals surface area contributed by atoms with E-state index in [-0.39, 0.29) is 24.1 Å². The van der Waals surface area contributed by atoms with Crippen molar-refractivity contribution < 1.29 is 9.59 Å². The van der Waals surface area contributed by atoms with E-state index >= 15 is 0 Å². The maximum atomic E-state index is 12.5. The Bertz CT molecular complexity index is 1120. The lowest BCUT2D eigenvalue weighted by Crippen LogP contribution is -2.25. The van der Waals surface area contributed by atoms with Gasteiger partial charge in [0, 0.05) is 17.8 Å². The van der Waals surface area contributed by atoms with Crippen LogP contribution in [0.5, 0.6) is 0 Å². The summed E-state index contributed by atoms with van der Waals surface area (Å²) < 4.78 is 1.85. The minimum atomic E-state index is -0.177. The summed E-state index contributed by atoms with van der Waals surface area (Å²) in [5, 5.41) is 14.9. The molecule has 1 heterocycles. The van der Waals surface area contributed by atoms with Gasteiger partial charge >= 0.3 is 0 Å². The summed E-state index contributed by atoms with van der Waals surface area (Å²) in [7, 11) is 0. The van der Waals surface area contributed by atoms with Gasteiger partial charge in [-0.05, 0) is 44.0 Å². The average molecular weight is 450 g/mol. The van der Waals surface area contributed by atoms with Crippen molar-refractivity contribution in [3.8, 4) is 0 Å². The molecule has 2 N–H and O–H groups in total. The van der Waals surface area contributed by atoms with Crippen LogP contribution in [0.25, 0.3) is 0 Å². The number of rotatable bonds is 9. The number of carbonyl (C=O) groups is 2. The molecule has 32 heavy (non-hydrogen) atoms. The molecule has 0 aliphatic heterocycles. The summed E-state index contributed by atoms with van der Waals surface area (Å²) in [5.41, 5.74) is 4.49. The standard InChI is InChI=1S/C24H27N5O2S/c1-5-12-29-20(14-25-23(31)19-11-6-8-16(2)13-19)27-28-24(29)32-15-21(30)26-22-17(3)9-7-10-18(22)4/h5-11,13H,1,12,14-15H2,2-4H3,(H,25,31)(H,26,30). The molecule has 0 aliphatic rings. The van der Waals surface area contributed by atoms with Gasteiger partial charge in [-0.3, -0.25) is 9.59 Å². The first kappa shape index (κ1) is 23.3. The zero-order valence-electron chi connectivity index (χ0n) is 18.5. The lowest BCUT2D eigenvalue weighted by Gasteiger charge is -2.12. The molecule has 0 spiro atoms. The number of amides is 2. The Balaban J connectivity index is 1.63. The van der Waals surface area contributed by atoms with Gasteiger partial charge in [-0.15, -0.1) is 16.8 Å². The molecule has 0 fully saturated rings. The van der Waals surface area contributed by atoms with Gasteiger partial charge in [0.15, 0.2) is 11.0 Å². The second-order valence-corrected chi connectivity index (χ2v) is 8.40. The third kappa shape index (κ3) is 5.85. The molecule has 0 bridgehead atoms. The van der Waals surface area contributed by atoms with E-state index < -0.39 is 0 Å². The molecule has 8 heteroatoms. The molecule has 0 atom stereocenters. The van der Waals surface area contributed by atoms with Crippen LogP contribution in [0.15, 0.2) is 60.3 Å². The summed E-state index contributed by atoms with van der Waals surface area (Å²) in [6, 6.07) is 13.3. The summed E-state index contributed by atoms with van der Waals surface area (Å²) in [5.74, 6) is 0.501. The molecule has 0 unspecified atom stereocenters. The number of carbonyl (C=O) groups excluding carboxylic acids is 2. The van der Waals surface area contributed by atoms with Crippen LogP contribution in [0, 0.1) is 20.8 Å². The summed E-state index contributed by atoms with van der Waals surface area (Å²) in [6.07, 6.45) is 1.73. The van der Waals surface area contributed by atoms with E-state index in [9.17, 15) is 9.59 Å². The first-order valence-corrected chi connectivity index (χ1v) is 11.2. The Hall–Kier alpha value is -3.39. The monoisotopic (exact) mass is 449 g/mol. The molecular formula is C24H27N5O2S. The topological polar surface area (TPSA) is 88.9 Å². The molecule has 166 valence electrons. The zero-order chi connectivity index (χ0) is 23.1. The molecule has 1 aromatic heterocycles. The number of allylic oxidation sites excluding steroid dienone is 1. The van der Waals surface area contributed by atoms with Crippen LogP contribution >= 0.6 is 11.8 Å². The molecule has 7 nitrogen and oxygen atoms in total. The van der Waals surface area contributed by atoms with E-state index in [4.69, 9.17) is 0 Å². The quantitative estimate of drug-likeness (QED) is 0.380. The second kappa shape index (κ2) is 10.8. The molecule has 0 radical (unpaired) electrons. The molecule has 0 saturated heterocycles. The van der Waals surface area contributed by atoms with Gasteiger partial charge in [0.25, 0.3) is 5.91 Å². The van der Waals surface area contributed by atoms with Gasteiger partial charge in [-0.1, -0.05) is 53.7 Å². The van der Waals surface area contributed by atoms with E-state index in [1.807, 2.05) is 61.7 Å². The van der Waals surface area contributed by atoms with Crippen molar-refractivity contribution in [2.24, 2.45) is 0 Å². The van der Waals surface area contributed by atoms with Crippen molar-refractivity contribution in [1.29, 1.82) is 0 Å². The summed E-state index contributed by atoms with van der Waals surface area (Å²) >= 11 is 1.30. The highest BCUT2D eigenvalue weighted by Gasteiger charge is 2.15. The number of nitrogens with zero attached hydrogens (tertiary/aromatic N) is 3. The van der Waals surface area contributed by atoms with Crippen LogP contribution in [-0.2, 0) is 17.9 Å². The van der Waals surface area contributed by atoms with E-state index in [2.05, 4.69) is 27.4 Å². The van der Waals surface area contributed by atoms with Crippen LogP contribution in [0.1, 0.15) is 32.9 Å². The Morgan fingerprint density at radius 3 is 2.50 bits per heavy atom. The van der Waals surface area contributed by atoms with Crippen LogP contribution in [0.3, 0.4) is 0 Å². The van der Waals surface area contributed by atoms with Gasteiger partial charge in [-0.2, -0.15) is 0 Å². The molecule has 0 saturated carbocycles. The van der Waals surface area contributed by atoms with E-state index in [1.165, 1.54) is 11.8 Å². The van der Waals surface area contributed by atoms with Crippen molar-refractivity contribution >= 4 is 29.3 Å². The molecule has 3 aromatic rings. The predicted molar refractivity (Wildman–Crippen MR) is 128 cm³/mol. The Morgan fingerprint density at radius 2 is 1.81 bits per heavy atom. The van der Waals surface area contributed by atoms with Crippen LogP contribution < -0.4 is 10.6 Å². The number of thioether (sulfide) groups is 1. The van der Waals surface area contributed by atoms with Crippen LogP contribution in [0.2, 0.25) is 0 Å². The first-order chi connectivity index (χ1) is 15.4. The van der Waals surface area contributed by atoms with Gasteiger partial charge < -0.3 is 15.2 Å². The Labute approximate surface area is 192 Å². The third-order valence-corrected chi connectivity index (χ3v) is 5.84. The lowest BCUT2D eigenvalue weighted by molar-refractivity contribution is -0.113. The Kier molecular flexibility index (Phi) is 7.83. The molecule has 2 amide bonds. The molecule has 0 aliphatic carbocycles. The van der Waals surface area contributed by atoms with E-state index in [1.54, 1.807) is 12.1 Å². The number of aryl methyl sites for hydroxylation is 3.